The molecule has 0 aromatic rings. The van der Waals surface area contributed by atoms with E-state index in [1.165, 1.54) is 32.1 Å². The highest BCUT2D eigenvalue weighted by Crippen LogP contribution is 2.39. The van der Waals surface area contributed by atoms with Crippen molar-refractivity contribution in [2.24, 2.45) is 5.41 Å². The summed E-state index contributed by atoms with van der Waals surface area (Å²) in [6.45, 7) is 11.3. The average Bonchev–Trinajstić information content (AvgIpc) is 2.04. The monoisotopic (exact) mass is 151 g/mol. The molecule has 0 bridgehead atoms. The molecule has 1 fully saturated rings. The number of rotatable bonds is 1. The molecule has 0 amide bonds. The summed E-state index contributed by atoms with van der Waals surface area (Å²) in [5.41, 5.74) is 0.333. The molecule has 0 spiro atoms. The third-order valence-corrected chi connectivity index (χ3v) is 3.20. The molecule has 1 heteroatoms. The highest BCUT2D eigenvalue weighted by molar-refractivity contribution is 4.93. The van der Waals surface area contributed by atoms with Gasteiger partial charge in [-0.1, -0.05) is 26.2 Å². The summed E-state index contributed by atoms with van der Waals surface area (Å²) in [6, 6.07) is 0.225. The first-order chi connectivity index (χ1) is 5.19. The van der Waals surface area contributed by atoms with Gasteiger partial charge in [0.05, 0.1) is 0 Å². The zero-order valence-corrected chi connectivity index (χ0v) is 7.56. The van der Waals surface area contributed by atoms with Crippen molar-refractivity contribution in [3.8, 4) is 0 Å². The first kappa shape index (κ1) is 8.59. The molecule has 1 aliphatic carbocycles. The summed E-state index contributed by atoms with van der Waals surface area (Å²) in [5, 5.41) is 0. The molecule has 1 nitrogen and oxygen atoms in total. The van der Waals surface area contributed by atoms with Crippen LogP contribution in [0.4, 0.5) is 0 Å². The standard InChI is InChI=1S/C10H17N/c1-9(11-3)10(2)7-5-4-6-8-10/h9H,4-8H2,1-2H3. The first-order valence-corrected chi connectivity index (χ1v) is 4.55. The van der Waals surface area contributed by atoms with Crippen LogP contribution in [0.15, 0.2) is 0 Å². The molecule has 62 valence electrons. The molecule has 1 rings (SSSR count). The molecule has 1 atom stereocenters. The van der Waals surface area contributed by atoms with Crippen molar-refractivity contribution in [2.75, 3.05) is 0 Å². The Hall–Kier alpha value is -0.510. The van der Waals surface area contributed by atoms with Crippen molar-refractivity contribution in [2.45, 2.75) is 52.0 Å². The zero-order valence-electron chi connectivity index (χ0n) is 7.56. The Morgan fingerprint density at radius 1 is 1.27 bits per heavy atom. The lowest BCUT2D eigenvalue weighted by molar-refractivity contribution is 0.197. The second kappa shape index (κ2) is 3.26. The van der Waals surface area contributed by atoms with Gasteiger partial charge in [0, 0.05) is 12.3 Å². The van der Waals surface area contributed by atoms with Crippen LogP contribution in [0.25, 0.3) is 4.85 Å². The zero-order chi connectivity index (χ0) is 8.32. The predicted octanol–water partition coefficient (Wildman–Crippen LogP) is 3.26. The first-order valence-electron chi connectivity index (χ1n) is 4.55. The molecule has 11 heavy (non-hydrogen) atoms. The molecule has 0 heterocycles. The molecule has 0 radical (unpaired) electrons. The topological polar surface area (TPSA) is 4.36 Å². The lowest BCUT2D eigenvalue weighted by atomic mass is 9.71. The molecule has 0 aromatic carbocycles. The van der Waals surface area contributed by atoms with Crippen LogP contribution < -0.4 is 0 Å². The second-order valence-corrected chi connectivity index (χ2v) is 4.02. The van der Waals surface area contributed by atoms with E-state index in [2.05, 4.69) is 18.7 Å². The molecule has 1 unspecified atom stereocenters. The minimum atomic E-state index is 0.225. The Labute approximate surface area is 69.6 Å². The maximum absolute atomic E-state index is 7.00. The minimum absolute atomic E-state index is 0.225. The SMILES string of the molecule is [C-]#[N+]C(C)C1(C)CCCCC1. The summed E-state index contributed by atoms with van der Waals surface area (Å²) in [6.07, 6.45) is 6.56. The number of nitrogens with zero attached hydrogens (tertiary/aromatic N) is 1. The Bertz CT molecular complexity index is 160. The van der Waals surface area contributed by atoms with Gasteiger partial charge in [-0.25, -0.2) is 6.57 Å². The van der Waals surface area contributed by atoms with Gasteiger partial charge < -0.3 is 4.85 Å². The minimum Gasteiger partial charge on any atom is -0.313 e. The van der Waals surface area contributed by atoms with E-state index < -0.39 is 0 Å². The molecule has 0 N–H and O–H groups in total. The van der Waals surface area contributed by atoms with Crippen molar-refractivity contribution in [1.82, 2.24) is 0 Å². The van der Waals surface area contributed by atoms with E-state index in [9.17, 15) is 0 Å². The highest BCUT2D eigenvalue weighted by atomic mass is 14.7. The van der Waals surface area contributed by atoms with Crippen LogP contribution in [0.3, 0.4) is 0 Å². The van der Waals surface area contributed by atoms with Gasteiger partial charge in [-0.2, -0.15) is 0 Å². The summed E-state index contributed by atoms with van der Waals surface area (Å²) in [4.78, 5) is 3.63. The molecule has 0 aliphatic heterocycles. The van der Waals surface area contributed by atoms with Crippen LogP contribution in [-0.2, 0) is 0 Å². The van der Waals surface area contributed by atoms with Crippen LogP contribution in [0.2, 0.25) is 0 Å². The van der Waals surface area contributed by atoms with Gasteiger partial charge >= 0.3 is 0 Å². The van der Waals surface area contributed by atoms with Crippen molar-refractivity contribution < 1.29 is 0 Å². The molecular formula is C10H17N. The average molecular weight is 151 g/mol. The van der Waals surface area contributed by atoms with Crippen LogP contribution in [-0.4, -0.2) is 6.04 Å². The van der Waals surface area contributed by atoms with Crippen molar-refractivity contribution in [1.29, 1.82) is 0 Å². The third kappa shape index (κ3) is 1.74. The predicted molar refractivity (Wildman–Crippen MR) is 47.3 cm³/mol. The van der Waals surface area contributed by atoms with Crippen LogP contribution in [0.5, 0.6) is 0 Å². The van der Waals surface area contributed by atoms with E-state index in [0.717, 1.165) is 0 Å². The largest absolute Gasteiger partial charge is 0.313 e. The van der Waals surface area contributed by atoms with Gasteiger partial charge in [0.15, 0.2) is 0 Å². The normalized spacial score (nSPS) is 25.5. The van der Waals surface area contributed by atoms with E-state index in [4.69, 9.17) is 6.57 Å². The Morgan fingerprint density at radius 2 is 1.82 bits per heavy atom. The van der Waals surface area contributed by atoms with Crippen LogP contribution >= 0.6 is 0 Å². The van der Waals surface area contributed by atoms with Crippen molar-refractivity contribution >= 4 is 0 Å². The fourth-order valence-electron chi connectivity index (χ4n) is 1.93. The summed E-state index contributed by atoms with van der Waals surface area (Å²) in [7, 11) is 0. The lowest BCUT2D eigenvalue weighted by Gasteiger charge is -2.32. The van der Waals surface area contributed by atoms with E-state index in [1.807, 2.05) is 0 Å². The fraction of sp³-hybridized carbons (Fsp3) is 0.900. The van der Waals surface area contributed by atoms with Crippen molar-refractivity contribution in [3.05, 3.63) is 11.4 Å². The van der Waals surface area contributed by atoms with Crippen LogP contribution in [0, 0.1) is 12.0 Å². The molecule has 1 saturated carbocycles. The quantitative estimate of drug-likeness (QED) is 0.507. The Morgan fingerprint density at radius 3 is 2.27 bits per heavy atom. The maximum Gasteiger partial charge on any atom is 0.226 e. The fourth-order valence-corrected chi connectivity index (χ4v) is 1.93. The third-order valence-electron chi connectivity index (χ3n) is 3.20. The van der Waals surface area contributed by atoms with Gasteiger partial charge in [-0.3, -0.25) is 0 Å². The number of hydrogen-bond acceptors (Lipinski definition) is 0. The Balaban J connectivity index is 2.57. The van der Waals surface area contributed by atoms with E-state index in [0.29, 0.717) is 5.41 Å². The molecule has 1 aliphatic rings. The van der Waals surface area contributed by atoms with E-state index in [-0.39, 0.29) is 6.04 Å². The highest BCUT2D eigenvalue weighted by Gasteiger charge is 2.36. The summed E-state index contributed by atoms with van der Waals surface area (Å²) >= 11 is 0. The van der Waals surface area contributed by atoms with Gasteiger partial charge in [-0.15, -0.1) is 0 Å². The van der Waals surface area contributed by atoms with Gasteiger partial charge in [0.25, 0.3) is 0 Å². The Kier molecular flexibility index (Phi) is 2.54. The van der Waals surface area contributed by atoms with E-state index in [1.54, 1.807) is 0 Å². The summed E-state index contributed by atoms with van der Waals surface area (Å²) < 4.78 is 0. The van der Waals surface area contributed by atoms with Gasteiger partial charge in [0.1, 0.15) is 0 Å². The van der Waals surface area contributed by atoms with Crippen molar-refractivity contribution in [3.63, 3.8) is 0 Å². The maximum atomic E-state index is 7.00. The molecule has 0 saturated heterocycles. The van der Waals surface area contributed by atoms with E-state index >= 15 is 0 Å². The molecule has 0 aromatic heterocycles. The lowest BCUT2D eigenvalue weighted by Crippen LogP contribution is -2.29. The smallest absolute Gasteiger partial charge is 0.226 e. The second-order valence-electron chi connectivity index (χ2n) is 4.02. The van der Waals surface area contributed by atoms with Crippen LogP contribution in [0.1, 0.15) is 46.0 Å². The number of hydrogen-bond donors (Lipinski definition) is 0. The summed E-state index contributed by atoms with van der Waals surface area (Å²) in [5.74, 6) is 0. The van der Waals surface area contributed by atoms with Gasteiger partial charge in [0.2, 0.25) is 6.04 Å². The van der Waals surface area contributed by atoms with Gasteiger partial charge in [-0.05, 0) is 12.8 Å². The molecular weight excluding hydrogens is 134 g/mol.